The zero-order valence-corrected chi connectivity index (χ0v) is 22.0. The first-order chi connectivity index (χ1) is 16.6. The second-order valence-electron chi connectivity index (χ2n) is 9.30. The fourth-order valence-corrected chi connectivity index (χ4v) is 7.40. The molecule has 1 aliphatic rings. The molecule has 0 bridgehead atoms. The molecule has 1 unspecified atom stereocenters. The minimum atomic E-state index is -0.686. The van der Waals surface area contributed by atoms with Gasteiger partial charge in [-0.2, -0.15) is 0 Å². The molecule has 1 heterocycles. The monoisotopic (exact) mass is 504 g/mol. The van der Waals surface area contributed by atoms with Crippen molar-refractivity contribution < 1.29 is 19.2 Å². The SMILES string of the molecule is COCCCS(=O)CCCCCCCCC[C@@H]1c2ccc(O)cc2SC[C@@H]1c1ccc(O)cc1. The van der Waals surface area contributed by atoms with Crippen LogP contribution in [0.3, 0.4) is 0 Å². The third-order valence-corrected chi connectivity index (χ3v) is 9.41. The van der Waals surface area contributed by atoms with E-state index in [1.54, 1.807) is 19.2 Å². The standard InChI is InChI=1S/C28H40O4S2/c1-32-17-9-19-34(31)18-8-6-4-2-3-5-7-10-25-26-16-15-24(30)20-28(26)33-21-27(25)22-11-13-23(29)14-12-22/h11-16,20,25,27,29-30H,2-10,17-19,21H2,1H3/t25-,27-,34?/m1/s1. The fourth-order valence-electron chi connectivity index (χ4n) is 4.85. The molecule has 6 heteroatoms. The van der Waals surface area contributed by atoms with Crippen LogP contribution in [-0.4, -0.2) is 45.4 Å². The molecule has 0 radical (unpaired) electrons. The average Bonchev–Trinajstić information content (AvgIpc) is 2.83. The molecule has 4 nitrogen and oxygen atoms in total. The Kier molecular flexibility index (Phi) is 11.8. The van der Waals surface area contributed by atoms with Crippen LogP contribution in [-0.2, 0) is 15.5 Å². The van der Waals surface area contributed by atoms with Crippen molar-refractivity contribution in [2.45, 2.75) is 74.5 Å². The van der Waals surface area contributed by atoms with Crippen LogP contribution in [0.25, 0.3) is 0 Å². The zero-order valence-electron chi connectivity index (χ0n) is 20.4. The van der Waals surface area contributed by atoms with Crippen LogP contribution in [0.4, 0.5) is 0 Å². The van der Waals surface area contributed by atoms with E-state index in [2.05, 4.69) is 18.2 Å². The Morgan fingerprint density at radius 3 is 2.26 bits per heavy atom. The number of ether oxygens (including phenoxy) is 1. The van der Waals surface area contributed by atoms with E-state index in [0.29, 0.717) is 29.9 Å². The predicted molar refractivity (Wildman–Crippen MR) is 144 cm³/mol. The number of rotatable bonds is 15. The number of benzene rings is 2. The molecule has 3 atom stereocenters. The van der Waals surface area contributed by atoms with Gasteiger partial charge in [0.2, 0.25) is 0 Å². The van der Waals surface area contributed by atoms with Crippen LogP contribution >= 0.6 is 11.8 Å². The van der Waals surface area contributed by atoms with E-state index in [0.717, 1.165) is 36.5 Å². The van der Waals surface area contributed by atoms with Crippen molar-refractivity contribution in [2.24, 2.45) is 0 Å². The molecule has 2 N–H and O–H groups in total. The van der Waals surface area contributed by atoms with Crippen molar-refractivity contribution in [3.05, 3.63) is 53.6 Å². The lowest BCUT2D eigenvalue weighted by atomic mass is 9.79. The summed E-state index contributed by atoms with van der Waals surface area (Å²) in [4.78, 5) is 1.21. The van der Waals surface area contributed by atoms with Crippen molar-refractivity contribution >= 4 is 22.6 Å². The van der Waals surface area contributed by atoms with E-state index in [1.165, 1.54) is 54.5 Å². The van der Waals surface area contributed by atoms with Gasteiger partial charge < -0.3 is 14.9 Å². The van der Waals surface area contributed by atoms with E-state index >= 15 is 0 Å². The largest absolute Gasteiger partial charge is 0.508 e. The number of phenols is 2. The molecule has 2 aromatic carbocycles. The summed E-state index contributed by atoms with van der Waals surface area (Å²) >= 11 is 1.83. The molecule has 0 aliphatic carbocycles. The Bertz CT molecular complexity index is 884. The van der Waals surface area contributed by atoms with Crippen molar-refractivity contribution in [3.63, 3.8) is 0 Å². The normalized spacial score (nSPS) is 18.5. The molecule has 1 aliphatic heterocycles. The lowest BCUT2D eigenvalue weighted by Crippen LogP contribution is -2.19. The predicted octanol–water partition coefficient (Wildman–Crippen LogP) is 6.98. The molecule has 0 amide bonds. The average molecular weight is 505 g/mol. The van der Waals surface area contributed by atoms with E-state index < -0.39 is 10.8 Å². The molecule has 0 fully saturated rings. The van der Waals surface area contributed by atoms with Gasteiger partial charge in [0.25, 0.3) is 0 Å². The molecule has 34 heavy (non-hydrogen) atoms. The lowest BCUT2D eigenvalue weighted by Gasteiger charge is -2.34. The number of thioether (sulfide) groups is 1. The Hall–Kier alpha value is -1.50. The van der Waals surface area contributed by atoms with Gasteiger partial charge in [-0.1, -0.05) is 56.7 Å². The van der Waals surface area contributed by atoms with Gasteiger partial charge >= 0.3 is 0 Å². The summed E-state index contributed by atoms with van der Waals surface area (Å²) in [6.07, 6.45) is 10.5. The summed E-state index contributed by atoms with van der Waals surface area (Å²) < 4.78 is 16.9. The van der Waals surface area contributed by atoms with Crippen LogP contribution in [0.2, 0.25) is 0 Å². The number of fused-ring (bicyclic) bond motifs is 1. The molecule has 2 aromatic rings. The Morgan fingerprint density at radius 2 is 1.53 bits per heavy atom. The van der Waals surface area contributed by atoms with Crippen molar-refractivity contribution in [2.75, 3.05) is 31.0 Å². The van der Waals surface area contributed by atoms with E-state index in [-0.39, 0.29) is 0 Å². The Balaban J connectivity index is 1.41. The van der Waals surface area contributed by atoms with Crippen LogP contribution in [0.15, 0.2) is 47.4 Å². The van der Waals surface area contributed by atoms with Crippen LogP contribution in [0.1, 0.15) is 80.8 Å². The quantitative estimate of drug-likeness (QED) is 0.256. The number of hydrogen-bond donors (Lipinski definition) is 2. The van der Waals surface area contributed by atoms with Crippen molar-refractivity contribution in [1.82, 2.24) is 0 Å². The highest BCUT2D eigenvalue weighted by atomic mass is 32.2. The van der Waals surface area contributed by atoms with Crippen molar-refractivity contribution in [3.8, 4) is 11.5 Å². The van der Waals surface area contributed by atoms with Gasteiger partial charge in [-0.25, -0.2) is 0 Å². The van der Waals surface area contributed by atoms with Gasteiger partial charge in [-0.05, 0) is 60.6 Å². The number of unbranched alkanes of at least 4 members (excludes halogenated alkanes) is 6. The molecular formula is C28H40O4S2. The van der Waals surface area contributed by atoms with Crippen LogP contribution < -0.4 is 0 Å². The number of aromatic hydroxyl groups is 2. The maximum atomic E-state index is 11.9. The maximum Gasteiger partial charge on any atom is 0.116 e. The summed E-state index contributed by atoms with van der Waals surface area (Å²) in [6.45, 7) is 0.704. The minimum absolute atomic E-state index is 0.311. The van der Waals surface area contributed by atoms with Gasteiger partial charge in [0.1, 0.15) is 11.5 Å². The van der Waals surface area contributed by atoms with E-state index in [1.807, 2.05) is 23.9 Å². The molecule has 0 saturated heterocycles. The fraction of sp³-hybridized carbons (Fsp3) is 0.571. The maximum absolute atomic E-state index is 11.9. The van der Waals surface area contributed by atoms with Crippen LogP contribution in [0.5, 0.6) is 11.5 Å². The summed E-state index contributed by atoms with van der Waals surface area (Å²) in [6, 6.07) is 13.5. The van der Waals surface area contributed by atoms with Gasteiger partial charge in [0.05, 0.1) is 0 Å². The Labute approximate surface area is 212 Å². The van der Waals surface area contributed by atoms with E-state index in [4.69, 9.17) is 4.74 Å². The Morgan fingerprint density at radius 1 is 0.882 bits per heavy atom. The summed E-state index contributed by atoms with van der Waals surface area (Å²) in [5.41, 5.74) is 2.64. The second-order valence-corrected chi connectivity index (χ2v) is 12.1. The molecule has 0 spiro atoms. The van der Waals surface area contributed by atoms with Gasteiger partial charge in [-0.3, -0.25) is 4.21 Å². The first-order valence-electron chi connectivity index (χ1n) is 12.7. The molecule has 3 rings (SSSR count). The highest BCUT2D eigenvalue weighted by Gasteiger charge is 2.31. The van der Waals surface area contributed by atoms with Crippen molar-refractivity contribution in [1.29, 1.82) is 0 Å². The summed E-state index contributed by atoms with van der Waals surface area (Å²) in [5, 5.41) is 19.6. The molecule has 0 aromatic heterocycles. The first-order valence-corrected chi connectivity index (χ1v) is 15.1. The topological polar surface area (TPSA) is 66.8 Å². The highest BCUT2D eigenvalue weighted by Crippen LogP contribution is 2.49. The number of hydrogen-bond acceptors (Lipinski definition) is 5. The number of phenolic OH excluding ortho intramolecular Hbond substituents is 2. The third kappa shape index (κ3) is 8.62. The highest BCUT2D eigenvalue weighted by molar-refractivity contribution is 7.99. The lowest BCUT2D eigenvalue weighted by molar-refractivity contribution is 0.200. The third-order valence-electron chi connectivity index (χ3n) is 6.73. The smallest absolute Gasteiger partial charge is 0.116 e. The molecule has 0 saturated carbocycles. The number of methoxy groups -OCH3 is 1. The zero-order chi connectivity index (χ0) is 24.2. The van der Waals surface area contributed by atoms with Gasteiger partial charge in [0.15, 0.2) is 0 Å². The summed E-state index contributed by atoms with van der Waals surface area (Å²) in [5.74, 6) is 4.11. The molecule has 188 valence electrons. The first kappa shape index (κ1) is 27.1. The van der Waals surface area contributed by atoms with Crippen LogP contribution in [0, 0.1) is 0 Å². The van der Waals surface area contributed by atoms with Gasteiger partial charge in [0, 0.05) is 52.6 Å². The molecular weight excluding hydrogens is 464 g/mol. The van der Waals surface area contributed by atoms with E-state index in [9.17, 15) is 14.4 Å². The summed E-state index contributed by atoms with van der Waals surface area (Å²) in [7, 11) is 1.00. The van der Waals surface area contributed by atoms with Gasteiger partial charge in [-0.15, -0.1) is 11.8 Å². The minimum Gasteiger partial charge on any atom is -0.508 e. The second kappa shape index (κ2) is 14.8.